The number of likely N-dealkylation sites (tertiary alicyclic amines) is 1. The highest BCUT2D eigenvalue weighted by molar-refractivity contribution is 5.97. The van der Waals surface area contributed by atoms with Crippen LogP contribution in [-0.2, 0) is 9.59 Å². The van der Waals surface area contributed by atoms with E-state index in [-0.39, 0.29) is 23.4 Å². The Kier molecular flexibility index (Phi) is 5.22. The number of carbonyl (C=O) groups is 2. The molecule has 0 aromatic heterocycles. The Hall–Kier alpha value is -1.88. The summed E-state index contributed by atoms with van der Waals surface area (Å²) in [6, 6.07) is 7.93. The van der Waals surface area contributed by atoms with Gasteiger partial charge < -0.3 is 10.2 Å². The fourth-order valence-electron chi connectivity index (χ4n) is 5.14. The van der Waals surface area contributed by atoms with Gasteiger partial charge in [-0.25, -0.2) is 0 Å². The molecule has 2 heterocycles. The van der Waals surface area contributed by atoms with E-state index in [9.17, 15) is 9.59 Å². The molecule has 0 bridgehead atoms. The molecule has 5 heteroatoms. The molecule has 2 saturated heterocycles. The SMILES string of the molecule is Cc1cccc(N2CC(NC(=O)C3(N4CCCC4)CCCCC3)CC2=O)c1. The molecule has 5 nitrogen and oxygen atoms in total. The predicted molar refractivity (Wildman–Crippen MR) is 107 cm³/mol. The fourth-order valence-corrected chi connectivity index (χ4v) is 5.14. The molecular formula is C22H31N3O2. The van der Waals surface area contributed by atoms with Crippen molar-refractivity contribution in [3.63, 3.8) is 0 Å². The Morgan fingerprint density at radius 3 is 2.56 bits per heavy atom. The number of nitrogens with zero attached hydrogens (tertiary/aromatic N) is 2. The van der Waals surface area contributed by atoms with Crippen LogP contribution < -0.4 is 10.2 Å². The molecule has 3 aliphatic rings. The second-order valence-electron chi connectivity index (χ2n) is 8.50. The molecule has 1 aromatic carbocycles. The summed E-state index contributed by atoms with van der Waals surface area (Å²) in [6.07, 6.45) is 8.19. The van der Waals surface area contributed by atoms with Gasteiger partial charge in [-0.3, -0.25) is 14.5 Å². The minimum atomic E-state index is -0.339. The van der Waals surface area contributed by atoms with Crippen molar-refractivity contribution in [3.8, 4) is 0 Å². The lowest BCUT2D eigenvalue weighted by Crippen LogP contribution is -2.60. The topological polar surface area (TPSA) is 52.7 Å². The Morgan fingerprint density at radius 1 is 1.11 bits per heavy atom. The van der Waals surface area contributed by atoms with Gasteiger partial charge in [0.2, 0.25) is 11.8 Å². The van der Waals surface area contributed by atoms with Crippen molar-refractivity contribution >= 4 is 17.5 Å². The quantitative estimate of drug-likeness (QED) is 0.888. The van der Waals surface area contributed by atoms with Crippen LogP contribution in [0, 0.1) is 6.92 Å². The van der Waals surface area contributed by atoms with Crippen LogP contribution in [0.2, 0.25) is 0 Å². The molecule has 3 fully saturated rings. The first-order valence-electron chi connectivity index (χ1n) is 10.5. The summed E-state index contributed by atoms with van der Waals surface area (Å²) in [5.74, 6) is 0.262. The Labute approximate surface area is 162 Å². The van der Waals surface area contributed by atoms with E-state index in [1.165, 1.54) is 19.3 Å². The van der Waals surface area contributed by atoms with Crippen molar-refractivity contribution in [1.82, 2.24) is 10.2 Å². The second-order valence-corrected chi connectivity index (χ2v) is 8.50. The molecule has 1 saturated carbocycles. The number of nitrogens with one attached hydrogen (secondary N) is 1. The third-order valence-corrected chi connectivity index (χ3v) is 6.59. The summed E-state index contributed by atoms with van der Waals surface area (Å²) in [5, 5.41) is 3.27. The van der Waals surface area contributed by atoms with Crippen molar-refractivity contribution in [2.75, 3.05) is 24.5 Å². The van der Waals surface area contributed by atoms with Crippen molar-refractivity contribution in [3.05, 3.63) is 29.8 Å². The Bertz CT molecular complexity index is 705. The molecular weight excluding hydrogens is 338 g/mol. The highest BCUT2D eigenvalue weighted by Gasteiger charge is 2.46. The molecule has 1 aliphatic carbocycles. The van der Waals surface area contributed by atoms with Crippen LogP contribution >= 0.6 is 0 Å². The third-order valence-electron chi connectivity index (χ3n) is 6.59. The van der Waals surface area contributed by atoms with Gasteiger partial charge in [-0.2, -0.15) is 0 Å². The van der Waals surface area contributed by atoms with E-state index in [1.807, 2.05) is 36.1 Å². The van der Waals surface area contributed by atoms with Gasteiger partial charge in [-0.1, -0.05) is 31.4 Å². The van der Waals surface area contributed by atoms with Crippen molar-refractivity contribution in [2.24, 2.45) is 0 Å². The monoisotopic (exact) mass is 369 g/mol. The van der Waals surface area contributed by atoms with Crippen LogP contribution in [-0.4, -0.2) is 47.9 Å². The van der Waals surface area contributed by atoms with Crippen molar-refractivity contribution < 1.29 is 9.59 Å². The molecule has 146 valence electrons. The van der Waals surface area contributed by atoms with Gasteiger partial charge >= 0.3 is 0 Å². The smallest absolute Gasteiger partial charge is 0.240 e. The molecule has 2 aliphatic heterocycles. The van der Waals surface area contributed by atoms with Gasteiger partial charge in [0.25, 0.3) is 0 Å². The highest BCUT2D eigenvalue weighted by atomic mass is 16.2. The van der Waals surface area contributed by atoms with Crippen LogP contribution in [0.4, 0.5) is 5.69 Å². The summed E-state index contributed by atoms with van der Waals surface area (Å²) in [4.78, 5) is 30.2. The van der Waals surface area contributed by atoms with E-state index < -0.39 is 0 Å². The standard InChI is InChI=1S/C22H31N3O2/c1-17-8-7-9-19(14-17)25-16-18(15-20(25)26)23-21(27)22(10-3-2-4-11-22)24-12-5-6-13-24/h7-9,14,18H,2-6,10-13,15-16H2,1H3,(H,23,27). The average Bonchev–Trinajstić information content (AvgIpc) is 3.32. The molecule has 0 spiro atoms. The number of benzene rings is 1. The van der Waals surface area contributed by atoms with Gasteiger partial charge in [0.05, 0.1) is 6.04 Å². The van der Waals surface area contributed by atoms with Crippen molar-refractivity contribution in [2.45, 2.75) is 69.9 Å². The second kappa shape index (κ2) is 7.63. The molecule has 1 atom stereocenters. The maximum Gasteiger partial charge on any atom is 0.240 e. The van der Waals surface area contributed by atoms with Crippen LogP contribution in [0.3, 0.4) is 0 Å². The number of anilines is 1. The third kappa shape index (κ3) is 3.62. The lowest BCUT2D eigenvalue weighted by Gasteiger charge is -2.43. The summed E-state index contributed by atoms with van der Waals surface area (Å²) >= 11 is 0. The lowest BCUT2D eigenvalue weighted by atomic mass is 9.79. The summed E-state index contributed by atoms with van der Waals surface area (Å²) < 4.78 is 0. The number of aryl methyl sites for hydroxylation is 1. The van der Waals surface area contributed by atoms with Crippen molar-refractivity contribution in [1.29, 1.82) is 0 Å². The van der Waals surface area contributed by atoms with Crippen LogP contribution in [0.5, 0.6) is 0 Å². The first-order chi connectivity index (χ1) is 13.1. The zero-order valence-electron chi connectivity index (χ0n) is 16.4. The van der Waals surface area contributed by atoms with E-state index in [1.54, 1.807) is 0 Å². The number of hydrogen-bond donors (Lipinski definition) is 1. The summed E-state index contributed by atoms with van der Waals surface area (Å²) in [7, 11) is 0. The fraction of sp³-hybridized carbons (Fsp3) is 0.636. The number of carbonyl (C=O) groups excluding carboxylic acids is 2. The highest BCUT2D eigenvalue weighted by Crippen LogP contribution is 2.36. The Balaban J connectivity index is 1.46. The summed E-state index contributed by atoms with van der Waals surface area (Å²) in [6.45, 7) is 4.68. The minimum absolute atomic E-state index is 0.0908. The maximum atomic E-state index is 13.4. The molecule has 1 aromatic rings. The number of hydrogen-bond acceptors (Lipinski definition) is 3. The molecule has 0 radical (unpaired) electrons. The lowest BCUT2D eigenvalue weighted by molar-refractivity contribution is -0.136. The van der Waals surface area contributed by atoms with E-state index in [0.29, 0.717) is 13.0 Å². The van der Waals surface area contributed by atoms with E-state index in [4.69, 9.17) is 0 Å². The normalized spacial score (nSPS) is 25.7. The average molecular weight is 370 g/mol. The molecule has 2 amide bonds. The van der Waals surface area contributed by atoms with Gasteiger partial charge in [-0.05, 0) is 63.4 Å². The number of amides is 2. The first-order valence-corrected chi connectivity index (χ1v) is 10.5. The van der Waals surface area contributed by atoms with E-state index in [2.05, 4.69) is 10.2 Å². The maximum absolute atomic E-state index is 13.4. The molecule has 1 N–H and O–H groups in total. The van der Waals surface area contributed by atoms with Crippen LogP contribution in [0.1, 0.15) is 56.9 Å². The zero-order chi connectivity index (χ0) is 18.9. The first kappa shape index (κ1) is 18.5. The largest absolute Gasteiger partial charge is 0.349 e. The van der Waals surface area contributed by atoms with Crippen LogP contribution in [0.25, 0.3) is 0 Å². The summed E-state index contributed by atoms with van der Waals surface area (Å²) in [5.41, 5.74) is 1.74. The zero-order valence-corrected chi connectivity index (χ0v) is 16.4. The van der Waals surface area contributed by atoms with E-state index >= 15 is 0 Å². The minimum Gasteiger partial charge on any atom is -0.349 e. The predicted octanol–water partition coefficient (Wildman–Crippen LogP) is 3.02. The van der Waals surface area contributed by atoms with Gasteiger partial charge in [0, 0.05) is 18.7 Å². The molecule has 4 rings (SSSR count). The van der Waals surface area contributed by atoms with E-state index in [0.717, 1.165) is 50.0 Å². The van der Waals surface area contributed by atoms with Gasteiger partial charge in [0.15, 0.2) is 0 Å². The Morgan fingerprint density at radius 2 is 1.85 bits per heavy atom. The van der Waals surface area contributed by atoms with Crippen LogP contribution in [0.15, 0.2) is 24.3 Å². The van der Waals surface area contributed by atoms with Gasteiger partial charge in [-0.15, -0.1) is 0 Å². The number of rotatable bonds is 4. The molecule has 1 unspecified atom stereocenters. The molecule has 27 heavy (non-hydrogen) atoms. The van der Waals surface area contributed by atoms with Gasteiger partial charge in [0.1, 0.15) is 5.54 Å².